The molecule has 1 heterocycles. The van der Waals surface area contributed by atoms with E-state index in [1.165, 1.54) is 5.56 Å². The number of anilines is 1. The van der Waals surface area contributed by atoms with Gasteiger partial charge < -0.3 is 19.9 Å². The lowest BCUT2D eigenvalue weighted by molar-refractivity contribution is 0.206. The van der Waals surface area contributed by atoms with E-state index < -0.39 is 0 Å². The molecule has 4 rings (SSSR count). The summed E-state index contributed by atoms with van der Waals surface area (Å²) in [5.74, 6) is 0.712. The van der Waals surface area contributed by atoms with Crippen LogP contribution in [0.15, 0.2) is 77.6 Å². The second-order valence-electron chi connectivity index (χ2n) is 8.40. The van der Waals surface area contributed by atoms with E-state index in [9.17, 15) is 9.59 Å². The molecule has 0 saturated carbocycles. The number of carbonyl (C=O) groups excluding carboxylic acids is 1. The number of carbonyl (C=O) groups is 1. The van der Waals surface area contributed by atoms with Gasteiger partial charge >= 0.3 is 6.03 Å². The molecule has 0 aliphatic heterocycles. The molecule has 6 heteroatoms. The highest BCUT2D eigenvalue weighted by atomic mass is 16.5. The fraction of sp³-hybridized carbons (Fsp3) is 0.214. The second kappa shape index (κ2) is 10.3. The van der Waals surface area contributed by atoms with Crippen molar-refractivity contribution in [1.29, 1.82) is 0 Å². The van der Waals surface area contributed by atoms with Gasteiger partial charge in [0, 0.05) is 23.3 Å². The molecule has 2 N–H and O–H groups in total. The number of H-pyrrole nitrogens is 1. The number of methoxy groups -OCH3 is 1. The van der Waals surface area contributed by atoms with Crippen LogP contribution >= 0.6 is 0 Å². The highest BCUT2D eigenvalue weighted by molar-refractivity contribution is 5.89. The van der Waals surface area contributed by atoms with Crippen molar-refractivity contribution in [1.82, 2.24) is 9.88 Å². The number of hydrogen-bond acceptors (Lipinski definition) is 3. The van der Waals surface area contributed by atoms with Crippen molar-refractivity contribution in [2.24, 2.45) is 0 Å². The summed E-state index contributed by atoms with van der Waals surface area (Å²) in [4.78, 5) is 30.7. The van der Waals surface area contributed by atoms with E-state index in [0.717, 1.165) is 28.5 Å². The number of benzene rings is 3. The van der Waals surface area contributed by atoms with E-state index in [1.807, 2.05) is 49.4 Å². The maximum absolute atomic E-state index is 13.3. The molecule has 0 spiro atoms. The number of hydrogen-bond donors (Lipinski definition) is 2. The van der Waals surface area contributed by atoms with E-state index in [0.29, 0.717) is 23.5 Å². The number of pyridine rings is 1. The van der Waals surface area contributed by atoms with E-state index in [2.05, 4.69) is 23.3 Å². The zero-order chi connectivity index (χ0) is 24.1. The number of urea groups is 1. The fourth-order valence-electron chi connectivity index (χ4n) is 3.83. The number of aryl methyl sites for hydroxylation is 2. The molecule has 0 fully saturated rings. The van der Waals surface area contributed by atoms with Gasteiger partial charge in [-0.2, -0.15) is 0 Å². The van der Waals surface area contributed by atoms with E-state index in [-0.39, 0.29) is 18.1 Å². The van der Waals surface area contributed by atoms with Crippen LogP contribution in [0.25, 0.3) is 10.9 Å². The Labute approximate surface area is 199 Å². The maximum Gasteiger partial charge on any atom is 0.322 e. The van der Waals surface area contributed by atoms with Gasteiger partial charge in [0.1, 0.15) is 5.75 Å². The van der Waals surface area contributed by atoms with Crippen LogP contribution in [0.4, 0.5) is 10.5 Å². The standard InChI is InChI=1S/C28H29N3O3/c1-4-20-9-14-26-22(15-20)16-23(27(32)30-26)18-31(17-21-7-5-19(2)6-8-21)28(33)29-24-10-12-25(34-3)13-11-24/h5-16H,4,17-18H2,1-3H3,(H,29,33)(H,30,32). The number of aromatic amines is 1. The molecular formula is C28H29N3O3. The smallest absolute Gasteiger partial charge is 0.322 e. The highest BCUT2D eigenvalue weighted by Gasteiger charge is 2.17. The van der Waals surface area contributed by atoms with Crippen LogP contribution in [0.3, 0.4) is 0 Å². The minimum absolute atomic E-state index is 0.178. The summed E-state index contributed by atoms with van der Waals surface area (Å²) in [5.41, 5.74) is 5.12. The van der Waals surface area contributed by atoms with Crippen LogP contribution in [0, 0.1) is 6.92 Å². The Hall–Kier alpha value is -4.06. The normalized spacial score (nSPS) is 10.8. The molecule has 1 aromatic heterocycles. The van der Waals surface area contributed by atoms with E-state index >= 15 is 0 Å². The molecule has 34 heavy (non-hydrogen) atoms. The average molecular weight is 456 g/mol. The molecule has 0 aliphatic rings. The molecule has 4 aromatic rings. The van der Waals surface area contributed by atoms with Gasteiger partial charge in [0.15, 0.2) is 0 Å². The van der Waals surface area contributed by atoms with Gasteiger partial charge in [-0.25, -0.2) is 4.79 Å². The number of fused-ring (bicyclic) bond motifs is 1. The summed E-state index contributed by atoms with van der Waals surface area (Å²) in [6.07, 6.45) is 0.911. The van der Waals surface area contributed by atoms with Gasteiger partial charge in [-0.05, 0) is 72.3 Å². The zero-order valence-corrected chi connectivity index (χ0v) is 19.7. The third-order valence-electron chi connectivity index (χ3n) is 5.88. The van der Waals surface area contributed by atoms with Crippen molar-refractivity contribution in [2.75, 3.05) is 12.4 Å². The average Bonchev–Trinajstić information content (AvgIpc) is 2.85. The molecule has 0 unspecified atom stereocenters. The SMILES string of the molecule is CCc1ccc2[nH]c(=O)c(CN(Cc3ccc(C)cc3)C(=O)Nc3ccc(OC)cc3)cc2c1. The van der Waals surface area contributed by atoms with Crippen molar-refractivity contribution < 1.29 is 9.53 Å². The Morgan fingerprint density at radius 3 is 2.32 bits per heavy atom. The minimum Gasteiger partial charge on any atom is -0.497 e. The number of ether oxygens (including phenoxy) is 1. The molecule has 6 nitrogen and oxygen atoms in total. The molecule has 0 atom stereocenters. The summed E-state index contributed by atoms with van der Waals surface area (Å²) >= 11 is 0. The fourth-order valence-corrected chi connectivity index (χ4v) is 3.83. The molecule has 2 amide bonds. The van der Waals surface area contributed by atoms with Crippen LogP contribution in [0.2, 0.25) is 0 Å². The van der Waals surface area contributed by atoms with Crippen molar-refractivity contribution in [3.8, 4) is 5.75 Å². The predicted octanol–water partition coefficient (Wildman–Crippen LogP) is 5.64. The third kappa shape index (κ3) is 5.46. The van der Waals surface area contributed by atoms with Crippen molar-refractivity contribution in [3.05, 3.63) is 105 Å². The van der Waals surface area contributed by atoms with Gasteiger partial charge in [-0.15, -0.1) is 0 Å². The summed E-state index contributed by atoms with van der Waals surface area (Å²) in [7, 11) is 1.60. The topological polar surface area (TPSA) is 74.4 Å². The van der Waals surface area contributed by atoms with Crippen LogP contribution in [0.1, 0.15) is 29.2 Å². The number of amides is 2. The van der Waals surface area contributed by atoms with E-state index in [1.54, 1.807) is 36.3 Å². The Bertz CT molecular complexity index is 1340. The highest BCUT2D eigenvalue weighted by Crippen LogP contribution is 2.19. The van der Waals surface area contributed by atoms with Gasteiger partial charge in [-0.3, -0.25) is 4.79 Å². The van der Waals surface area contributed by atoms with Crippen LogP contribution in [0.5, 0.6) is 5.75 Å². The predicted molar refractivity (Wildman–Crippen MR) is 136 cm³/mol. The van der Waals surface area contributed by atoms with Crippen LogP contribution < -0.4 is 15.6 Å². The summed E-state index contributed by atoms with van der Waals surface area (Å²) in [6.45, 7) is 4.67. The third-order valence-corrected chi connectivity index (χ3v) is 5.88. The first-order valence-corrected chi connectivity index (χ1v) is 11.4. The molecule has 0 bridgehead atoms. The number of nitrogens with zero attached hydrogens (tertiary/aromatic N) is 1. The van der Waals surface area contributed by atoms with E-state index in [4.69, 9.17) is 4.74 Å². The first kappa shape index (κ1) is 23.1. The van der Waals surface area contributed by atoms with Crippen molar-refractivity contribution in [2.45, 2.75) is 33.4 Å². The molecule has 0 saturated heterocycles. The van der Waals surface area contributed by atoms with Crippen LogP contribution in [-0.2, 0) is 19.5 Å². The van der Waals surface area contributed by atoms with Crippen molar-refractivity contribution >= 4 is 22.6 Å². The molecule has 0 aliphatic carbocycles. The van der Waals surface area contributed by atoms with Gasteiger partial charge in [0.05, 0.1) is 13.7 Å². The lowest BCUT2D eigenvalue weighted by Gasteiger charge is -2.23. The van der Waals surface area contributed by atoms with Gasteiger partial charge in [0.2, 0.25) is 0 Å². The lowest BCUT2D eigenvalue weighted by Crippen LogP contribution is -2.35. The largest absolute Gasteiger partial charge is 0.497 e. The lowest BCUT2D eigenvalue weighted by atomic mass is 10.1. The minimum atomic E-state index is -0.285. The first-order valence-electron chi connectivity index (χ1n) is 11.4. The van der Waals surface area contributed by atoms with Crippen LogP contribution in [-0.4, -0.2) is 23.0 Å². The maximum atomic E-state index is 13.3. The molecule has 0 radical (unpaired) electrons. The zero-order valence-electron chi connectivity index (χ0n) is 19.7. The molecular weight excluding hydrogens is 426 g/mol. The number of rotatable bonds is 7. The number of aromatic nitrogens is 1. The Kier molecular flexibility index (Phi) is 6.97. The Morgan fingerprint density at radius 2 is 1.65 bits per heavy atom. The molecule has 3 aromatic carbocycles. The molecule has 174 valence electrons. The van der Waals surface area contributed by atoms with Crippen molar-refractivity contribution in [3.63, 3.8) is 0 Å². The van der Waals surface area contributed by atoms with Gasteiger partial charge in [0.25, 0.3) is 5.56 Å². The number of nitrogens with one attached hydrogen (secondary N) is 2. The summed E-state index contributed by atoms with van der Waals surface area (Å²) in [5, 5.41) is 3.90. The van der Waals surface area contributed by atoms with Gasteiger partial charge in [-0.1, -0.05) is 42.8 Å². The Morgan fingerprint density at radius 1 is 0.941 bits per heavy atom. The monoisotopic (exact) mass is 455 g/mol. The Balaban J connectivity index is 1.64. The summed E-state index contributed by atoms with van der Waals surface area (Å²) < 4.78 is 5.19. The quantitative estimate of drug-likeness (QED) is 0.379. The first-order chi connectivity index (χ1) is 16.4. The second-order valence-corrected chi connectivity index (χ2v) is 8.40. The summed E-state index contributed by atoms with van der Waals surface area (Å²) in [6, 6.07) is 22.8.